The van der Waals surface area contributed by atoms with Crippen LogP contribution < -0.4 is 0 Å². The molecule has 0 aromatic heterocycles. The smallest absolute Gasteiger partial charge is 0.333 e. The number of fused-ring (bicyclic) bond motifs is 6. The Kier molecular flexibility index (Phi) is 2.53. The Morgan fingerprint density at radius 3 is 2.71 bits per heavy atom. The zero-order chi connectivity index (χ0) is 14.6. The Hall–Kier alpha value is -2.09. The van der Waals surface area contributed by atoms with Gasteiger partial charge in [-0.05, 0) is 60.1 Å². The summed E-state index contributed by atoms with van der Waals surface area (Å²) in [7, 11) is 0. The van der Waals surface area contributed by atoms with Gasteiger partial charge in [0.05, 0.1) is 0 Å². The molecule has 4 rings (SSSR count). The molecule has 0 saturated heterocycles. The van der Waals surface area contributed by atoms with Crippen LogP contribution in [0.1, 0.15) is 43.2 Å². The van der Waals surface area contributed by atoms with Gasteiger partial charge in [-0.15, -0.1) is 0 Å². The maximum absolute atomic E-state index is 12.0. The van der Waals surface area contributed by atoms with Crippen LogP contribution in [0.15, 0.2) is 48.6 Å². The third-order valence-corrected chi connectivity index (χ3v) is 4.96. The number of hydrogen-bond donors (Lipinski definition) is 0. The third kappa shape index (κ3) is 1.75. The second kappa shape index (κ2) is 4.20. The lowest BCUT2D eigenvalue weighted by atomic mass is 9.87. The van der Waals surface area contributed by atoms with E-state index in [0.717, 1.165) is 19.3 Å². The second-order valence-corrected chi connectivity index (χ2v) is 6.39. The fraction of sp³-hybridized carbons (Fsp3) is 0.316. The van der Waals surface area contributed by atoms with Gasteiger partial charge in [-0.2, -0.15) is 0 Å². The van der Waals surface area contributed by atoms with Crippen LogP contribution in [0, 0.1) is 0 Å². The van der Waals surface area contributed by atoms with Gasteiger partial charge in [0.25, 0.3) is 0 Å². The van der Waals surface area contributed by atoms with Gasteiger partial charge < -0.3 is 4.74 Å². The van der Waals surface area contributed by atoms with E-state index in [9.17, 15) is 4.79 Å². The summed E-state index contributed by atoms with van der Waals surface area (Å²) >= 11 is 0. The van der Waals surface area contributed by atoms with Crippen molar-refractivity contribution in [2.45, 2.75) is 37.7 Å². The standard InChI is InChI=1S/C19H18O2/c1-12(2)18(20)21-19-8-7-15(11-19)16-9-13-5-3-4-6-14(13)10-17(16)19/h3-6,9-10,15H,1,7-8,11H2,2H3. The summed E-state index contributed by atoms with van der Waals surface area (Å²) < 4.78 is 5.89. The molecule has 0 spiro atoms. The molecule has 2 heteroatoms. The van der Waals surface area contributed by atoms with Crippen molar-refractivity contribution < 1.29 is 9.53 Å². The molecule has 1 fully saturated rings. The monoisotopic (exact) mass is 278 g/mol. The highest BCUT2D eigenvalue weighted by molar-refractivity contribution is 5.88. The number of benzene rings is 2. The van der Waals surface area contributed by atoms with E-state index in [1.54, 1.807) is 6.92 Å². The minimum absolute atomic E-state index is 0.267. The summed E-state index contributed by atoms with van der Waals surface area (Å²) in [6.07, 6.45) is 2.97. The number of hydrogen-bond acceptors (Lipinski definition) is 2. The molecule has 2 atom stereocenters. The SMILES string of the molecule is C=C(C)C(=O)OC12CCC(C1)c1cc3ccccc3cc12. The maximum Gasteiger partial charge on any atom is 0.333 e. The van der Waals surface area contributed by atoms with Crippen molar-refractivity contribution in [3.63, 3.8) is 0 Å². The van der Waals surface area contributed by atoms with Gasteiger partial charge in [0.1, 0.15) is 5.60 Å². The third-order valence-electron chi connectivity index (χ3n) is 4.96. The average Bonchev–Trinajstić information content (AvgIpc) is 3.02. The van der Waals surface area contributed by atoms with E-state index in [2.05, 4.69) is 43.0 Å². The van der Waals surface area contributed by atoms with E-state index >= 15 is 0 Å². The highest BCUT2D eigenvalue weighted by Crippen LogP contribution is 2.58. The van der Waals surface area contributed by atoms with Crippen molar-refractivity contribution in [3.05, 3.63) is 59.7 Å². The van der Waals surface area contributed by atoms with E-state index < -0.39 is 5.60 Å². The summed E-state index contributed by atoms with van der Waals surface area (Å²) in [4.78, 5) is 12.0. The van der Waals surface area contributed by atoms with Crippen LogP contribution in [0.2, 0.25) is 0 Å². The Labute approximate surface area is 124 Å². The van der Waals surface area contributed by atoms with Gasteiger partial charge in [-0.1, -0.05) is 36.9 Å². The molecular weight excluding hydrogens is 260 g/mol. The first-order valence-electron chi connectivity index (χ1n) is 7.51. The lowest BCUT2D eigenvalue weighted by Gasteiger charge is -2.29. The molecule has 0 heterocycles. The van der Waals surface area contributed by atoms with Gasteiger partial charge in [-0.25, -0.2) is 4.79 Å². The summed E-state index contributed by atoms with van der Waals surface area (Å²) in [6.45, 7) is 5.42. The van der Waals surface area contributed by atoms with E-state index in [1.807, 2.05) is 0 Å². The van der Waals surface area contributed by atoms with E-state index in [1.165, 1.54) is 21.9 Å². The van der Waals surface area contributed by atoms with Crippen LogP contribution in [-0.4, -0.2) is 5.97 Å². The number of carbonyl (C=O) groups is 1. The van der Waals surface area contributed by atoms with Crippen molar-refractivity contribution in [2.75, 3.05) is 0 Å². The molecule has 0 aliphatic heterocycles. The van der Waals surface area contributed by atoms with Gasteiger partial charge in [0.15, 0.2) is 0 Å². The lowest BCUT2D eigenvalue weighted by molar-refractivity contribution is -0.155. The van der Waals surface area contributed by atoms with Gasteiger partial charge in [0.2, 0.25) is 0 Å². The molecule has 106 valence electrons. The molecule has 2 aromatic rings. The average molecular weight is 278 g/mol. The fourth-order valence-corrected chi connectivity index (χ4v) is 3.92. The summed E-state index contributed by atoms with van der Waals surface area (Å²) in [5, 5.41) is 2.49. The molecular formula is C19H18O2. The highest BCUT2D eigenvalue weighted by atomic mass is 16.6. The van der Waals surface area contributed by atoms with Crippen molar-refractivity contribution in [1.82, 2.24) is 0 Å². The minimum atomic E-state index is -0.417. The second-order valence-electron chi connectivity index (χ2n) is 6.39. The Morgan fingerprint density at radius 2 is 2.00 bits per heavy atom. The van der Waals surface area contributed by atoms with Crippen molar-refractivity contribution >= 4 is 16.7 Å². The van der Waals surface area contributed by atoms with Crippen LogP contribution in [0.3, 0.4) is 0 Å². The van der Waals surface area contributed by atoms with Gasteiger partial charge in [0, 0.05) is 5.57 Å². The molecule has 21 heavy (non-hydrogen) atoms. The molecule has 2 aliphatic carbocycles. The number of carbonyl (C=O) groups excluding carboxylic acids is 1. The normalized spacial score (nSPS) is 25.9. The predicted octanol–water partition coefficient (Wildman–Crippen LogP) is 4.44. The first-order chi connectivity index (χ1) is 10.1. The number of ether oxygens (including phenoxy) is 1. The van der Waals surface area contributed by atoms with E-state index in [0.29, 0.717) is 11.5 Å². The lowest BCUT2D eigenvalue weighted by Crippen LogP contribution is -2.28. The zero-order valence-corrected chi connectivity index (χ0v) is 12.2. The Bertz CT molecular complexity index is 774. The number of esters is 1. The molecule has 2 aromatic carbocycles. The molecule has 2 aliphatic rings. The largest absolute Gasteiger partial charge is 0.451 e. The quantitative estimate of drug-likeness (QED) is 0.600. The minimum Gasteiger partial charge on any atom is -0.451 e. The van der Waals surface area contributed by atoms with Crippen LogP contribution >= 0.6 is 0 Å². The van der Waals surface area contributed by atoms with Crippen molar-refractivity contribution in [1.29, 1.82) is 0 Å². The number of rotatable bonds is 2. The predicted molar refractivity (Wildman–Crippen MR) is 83.1 cm³/mol. The van der Waals surface area contributed by atoms with Crippen LogP contribution in [0.5, 0.6) is 0 Å². The van der Waals surface area contributed by atoms with Crippen LogP contribution in [-0.2, 0) is 15.1 Å². The molecule has 0 N–H and O–H groups in total. The zero-order valence-electron chi connectivity index (χ0n) is 12.2. The van der Waals surface area contributed by atoms with E-state index in [4.69, 9.17) is 4.74 Å². The molecule has 0 radical (unpaired) electrons. The summed E-state index contributed by atoms with van der Waals surface area (Å²) in [6, 6.07) is 12.9. The van der Waals surface area contributed by atoms with Gasteiger partial charge >= 0.3 is 5.97 Å². The summed E-state index contributed by atoms with van der Waals surface area (Å²) in [5.41, 5.74) is 2.64. The fourth-order valence-electron chi connectivity index (χ4n) is 3.92. The Morgan fingerprint density at radius 1 is 1.29 bits per heavy atom. The van der Waals surface area contributed by atoms with Crippen LogP contribution in [0.4, 0.5) is 0 Å². The van der Waals surface area contributed by atoms with Gasteiger partial charge in [-0.3, -0.25) is 0 Å². The van der Waals surface area contributed by atoms with E-state index in [-0.39, 0.29) is 5.97 Å². The molecule has 1 saturated carbocycles. The summed E-state index contributed by atoms with van der Waals surface area (Å²) in [5.74, 6) is 0.263. The van der Waals surface area contributed by atoms with Crippen LogP contribution in [0.25, 0.3) is 10.8 Å². The first kappa shape index (κ1) is 12.6. The topological polar surface area (TPSA) is 26.3 Å². The molecule has 2 unspecified atom stereocenters. The maximum atomic E-state index is 12.0. The molecule has 2 bridgehead atoms. The highest BCUT2D eigenvalue weighted by Gasteiger charge is 2.52. The molecule has 0 amide bonds. The van der Waals surface area contributed by atoms with Crippen molar-refractivity contribution in [3.8, 4) is 0 Å². The first-order valence-corrected chi connectivity index (χ1v) is 7.51. The Balaban J connectivity index is 1.85. The van der Waals surface area contributed by atoms with Crippen molar-refractivity contribution in [2.24, 2.45) is 0 Å². The molecule has 2 nitrogen and oxygen atoms in total.